The second kappa shape index (κ2) is 5.93. The number of carbonyl (C=O) groups is 1. The normalized spacial score (nSPS) is 11.8. The lowest BCUT2D eigenvalue weighted by Gasteiger charge is -2.08. The van der Waals surface area contributed by atoms with E-state index in [-0.39, 0.29) is 11.6 Å². The first-order chi connectivity index (χ1) is 9.56. The molecule has 1 heterocycles. The van der Waals surface area contributed by atoms with E-state index in [1.807, 2.05) is 0 Å². The Morgan fingerprint density at radius 1 is 1.45 bits per heavy atom. The molecule has 20 heavy (non-hydrogen) atoms. The Kier molecular flexibility index (Phi) is 4.06. The van der Waals surface area contributed by atoms with Crippen molar-refractivity contribution in [3.63, 3.8) is 0 Å². The van der Waals surface area contributed by atoms with Crippen LogP contribution < -0.4 is 11.1 Å². The Balaban J connectivity index is 1.95. The highest BCUT2D eigenvalue weighted by atomic mass is 16.6. The second-order valence-corrected chi connectivity index (χ2v) is 4.27. The van der Waals surface area contributed by atoms with Crippen LogP contribution in [-0.2, 0) is 11.2 Å². The minimum absolute atomic E-state index is 0.0216. The van der Waals surface area contributed by atoms with E-state index in [9.17, 15) is 14.9 Å². The number of aromatic amines is 1. The Labute approximate surface area is 114 Å². The van der Waals surface area contributed by atoms with Crippen molar-refractivity contribution in [1.29, 1.82) is 0 Å². The zero-order chi connectivity index (χ0) is 14.5. The second-order valence-electron chi connectivity index (χ2n) is 4.27. The molecule has 1 atom stereocenters. The number of nitro benzene ring substituents is 1. The Morgan fingerprint density at radius 2 is 2.15 bits per heavy atom. The number of nitrogens with one attached hydrogen (secondary N) is 2. The van der Waals surface area contributed by atoms with Crippen LogP contribution >= 0.6 is 0 Å². The molecule has 0 unspecified atom stereocenters. The molecule has 0 spiro atoms. The van der Waals surface area contributed by atoms with E-state index in [1.165, 1.54) is 30.6 Å². The summed E-state index contributed by atoms with van der Waals surface area (Å²) in [6, 6.07) is 5.16. The summed E-state index contributed by atoms with van der Waals surface area (Å²) in [5, 5.41) is 13.2. The summed E-state index contributed by atoms with van der Waals surface area (Å²) in [5.41, 5.74) is 5.09. The lowest BCUT2D eigenvalue weighted by Crippen LogP contribution is -2.67. The number of nitro groups is 1. The van der Waals surface area contributed by atoms with Crippen molar-refractivity contribution in [3.8, 4) is 0 Å². The van der Waals surface area contributed by atoms with Gasteiger partial charge in [-0.2, -0.15) is 0 Å². The number of non-ortho nitro benzene ring substituents is 1. The lowest BCUT2D eigenvalue weighted by atomic mass is 10.1. The van der Waals surface area contributed by atoms with Crippen LogP contribution in [0.25, 0.3) is 0 Å². The monoisotopic (exact) mass is 276 g/mol. The maximum absolute atomic E-state index is 11.9. The van der Waals surface area contributed by atoms with Crippen LogP contribution in [0.4, 0.5) is 11.4 Å². The van der Waals surface area contributed by atoms with Crippen LogP contribution in [0.15, 0.2) is 36.8 Å². The number of benzene rings is 1. The minimum atomic E-state index is -0.492. The van der Waals surface area contributed by atoms with Gasteiger partial charge in [0.15, 0.2) is 6.04 Å². The van der Waals surface area contributed by atoms with Crippen molar-refractivity contribution >= 4 is 17.3 Å². The van der Waals surface area contributed by atoms with Crippen molar-refractivity contribution in [2.45, 2.75) is 12.5 Å². The third-order valence-corrected chi connectivity index (χ3v) is 2.74. The third kappa shape index (κ3) is 3.39. The van der Waals surface area contributed by atoms with Crippen molar-refractivity contribution in [1.82, 2.24) is 9.97 Å². The van der Waals surface area contributed by atoms with Gasteiger partial charge in [-0.25, -0.2) is 4.98 Å². The van der Waals surface area contributed by atoms with Crippen molar-refractivity contribution < 1.29 is 15.5 Å². The van der Waals surface area contributed by atoms with Gasteiger partial charge in [-0.1, -0.05) is 0 Å². The quantitative estimate of drug-likeness (QED) is 0.528. The number of aromatic nitrogens is 2. The standard InChI is InChI=1S/C12H13N5O3/c13-11(5-9-6-14-7-15-9)12(18)16-8-1-3-10(4-2-8)17(19)20/h1-4,6-7,11H,5,13H2,(H,14,15)(H,16,18)/p+1/t11-/m0/s1. The van der Waals surface area contributed by atoms with Crippen LogP contribution in [0.1, 0.15) is 5.69 Å². The molecule has 8 nitrogen and oxygen atoms in total. The maximum atomic E-state index is 11.9. The fraction of sp³-hybridized carbons (Fsp3) is 0.167. The molecule has 0 saturated carbocycles. The molecule has 0 saturated heterocycles. The lowest BCUT2D eigenvalue weighted by molar-refractivity contribution is -0.402. The number of carbonyl (C=O) groups excluding carboxylic acids is 1. The first-order valence-electron chi connectivity index (χ1n) is 5.92. The molecule has 1 aromatic carbocycles. The predicted molar refractivity (Wildman–Crippen MR) is 70.7 cm³/mol. The maximum Gasteiger partial charge on any atom is 0.282 e. The number of nitrogens with zero attached hydrogens (tertiary/aromatic N) is 2. The number of quaternary nitrogens is 1. The number of amides is 1. The summed E-state index contributed by atoms with van der Waals surface area (Å²) < 4.78 is 0. The molecule has 5 N–H and O–H groups in total. The minimum Gasteiger partial charge on any atom is -0.348 e. The highest BCUT2D eigenvalue weighted by Crippen LogP contribution is 2.15. The summed E-state index contributed by atoms with van der Waals surface area (Å²) in [6.45, 7) is 0. The van der Waals surface area contributed by atoms with Crippen molar-refractivity contribution in [2.24, 2.45) is 0 Å². The van der Waals surface area contributed by atoms with E-state index in [4.69, 9.17) is 0 Å². The summed E-state index contributed by atoms with van der Waals surface area (Å²) in [6.07, 6.45) is 3.62. The van der Waals surface area contributed by atoms with E-state index in [1.54, 1.807) is 6.20 Å². The van der Waals surface area contributed by atoms with Crippen LogP contribution in [-0.4, -0.2) is 26.8 Å². The van der Waals surface area contributed by atoms with Crippen molar-refractivity contribution in [3.05, 3.63) is 52.6 Å². The molecule has 2 aromatic rings. The zero-order valence-corrected chi connectivity index (χ0v) is 10.6. The third-order valence-electron chi connectivity index (χ3n) is 2.74. The van der Waals surface area contributed by atoms with Crippen LogP contribution in [0, 0.1) is 10.1 Å². The van der Waals surface area contributed by atoms with Crippen LogP contribution in [0.2, 0.25) is 0 Å². The molecular formula is C12H14N5O3+. The smallest absolute Gasteiger partial charge is 0.282 e. The molecule has 0 fully saturated rings. The molecule has 0 aliphatic carbocycles. The summed E-state index contributed by atoms with van der Waals surface area (Å²) in [7, 11) is 0. The summed E-state index contributed by atoms with van der Waals surface area (Å²) in [5.74, 6) is -0.256. The molecule has 1 amide bonds. The van der Waals surface area contributed by atoms with Gasteiger partial charge in [0.05, 0.1) is 17.7 Å². The summed E-state index contributed by atoms with van der Waals surface area (Å²) in [4.78, 5) is 28.7. The number of H-pyrrole nitrogens is 1. The van der Waals surface area contributed by atoms with Gasteiger partial charge in [0.25, 0.3) is 11.6 Å². The van der Waals surface area contributed by atoms with Crippen molar-refractivity contribution in [2.75, 3.05) is 5.32 Å². The number of hydrogen-bond acceptors (Lipinski definition) is 4. The topological polar surface area (TPSA) is 129 Å². The first-order valence-corrected chi connectivity index (χ1v) is 5.92. The molecular weight excluding hydrogens is 262 g/mol. The van der Waals surface area contributed by atoms with Gasteiger partial charge in [0, 0.05) is 29.7 Å². The van der Waals surface area contributed by atoms with E-state index in [0.717, 1.165) is 5.69 Å². The molecule has 0 aliphatic rings. The predicted octanol–water partition coefficient (Wildman–Crippen LogP) is 0.110. The van der Waals surface area contributed by atoms with Gasteiger partial charge >= 0.3 is 0 Å². The molecule has 0 bridgehead atoms. The Morgan fingerprint density at radius 3 is 2.70 bits per heavy atom. The molecule has 0 radical (unpaired) electrons. The zero-order valence-electron chi connectivity index (χ0n) is 10.6. The number of hydrogen-bond donors (Lipinski definition) is 3. The molecule has 2 rings (SSSR count). The largest absolute Gasteiger partial charge is 0.348 e. The highest BCUT2D eigenvalue weighted by molar-refractivity contribution is 5.93. The Hall–Kier alpha value is -2.74. The van der Waals surface area contributed by atoms with Crippen LogP contribution in [0.3, 0.4) is 0 Å². The average molecular weight is 276 g/mol. The number of anilines is 1. The van der Waals surface area contributed by atoms with Gasteiger partial charge in [-0.15, -0.1) is 0 Å². The Bertz CT molecular complexity index is 594. The highest BCUT2D eigenvalue weighted by Gasteiger charge is 2.18. The fourth-order valence-electron chi connectivity index (χ4n) is 1.67. The van der Waals surface area contributed by atoms with E-state index >= 15 is 0 Å². The molecule has 8 heteroatoms. The van der Waals surface area contributed by atoms with Gasteiger partial charge in [-0.05, 0) is 12.1 Å². The number of imidazole rings is 1. The van der Waals surface area contributed by atoms with Gasteiger partial charge in [0.1, 0.15) is 0 Å². The van der Waals surface area contributed by atoms with E-state index in [0.29, 0.717) is 12.1 Å². The van der Waals surface area contributed by atoms with Gasteiger partial charge < -0.3 is 16.0 Å². The number of rotatable bonds is 5. The molecule has 1 aromatic heterocycles. The van der Waals surface area contributed by atoms with Crippen LogP contribution in [0.5, 0.6) is 0 Å². The van der Waals surface area contributed by atoms with Gasteiger partial charge in [0.2, 0.25) is 0 Å². The summed E-state index contributed by atoms with van der Waals surface area (Å²) >= 11 is 0. The first kappa shape index (κ1) is 13.7. The van der Waals surface area contributed by atoms with E-state index in [2.05, 4.69) is 21.0 Å². The molecule has 104 valence electrons. The fourth-order valence-corrected chi connectivity index (χ4v) is 1.67. The van der Waals surface area contributed by atoms with E-state index < -0.39 is 11.0 Å². The van der Waals surface area contributed by atoms with Gasteiger partial charge in [-0.3, -0.25) is 14.9 Å². The molecule has 0 aliphatic heterocycles. The average Bonchev–Trinajstić information content (AvgIpc) is 2.92. The SMILES string of the molecule is [NH3+][C@@H](Cc1cnc[nH]1)C(=O)Nc1ccc([N+](=O)[O-])cc1.